The minimum atomic E-state index is -0.419. The summed E-state index contributed by atoms with van der Waals surface area (Å²) in [6.07, 6.45) is 0. The number of anilines is 2. The molecule has 0 unspecified atom stereocenters. The Morgan fingerprint density at radius 2 is 1.56 bits per heavy atom. The van der Waals surface area contributed by atoms with Crippen LogP contribution in [0.5, 0.6) is 0 Å². The first kappa shape index (κ1) is 18.4. The maximum absolute atomic E-state index is 12.6. The Bertz CT molecular complexity index is 841. The van der Waals surface area contributed by atoms with Crippen molar-refractivity contribution in [1.29, 1.82) is 0 Å². The summed E-state index contributed by atoms with van der Waals surface area (Å²) >= 11 is 0. The minimum Gasteiger partial charge on any atom is -0.368 e. The van der Waals surface area contributed by atoms with Gasteiger partial charge in [-0.25, -0.2) is 0 Å². The summed E-state index contributed by atoms with van der Waals surface area (Å²) in [7, 11) is 0. The van der Waals surface area contributed by atoms with E-state index in [0.29, 0.717) is 37.4 Å². The number of nitrogens with one attached hydrogen (secondary N) is 1. The summed E-state index contributed by atoms with van der Waals surface area (Å²) in [5.41, 5.74) is 2.21. The second-order valence-electron chi connectivity index (χ2n) is 6.31. The number of benzene rings is 2. The zero-order chi connectivity index (χ0) is 19.4. The summed E-state index contributed by atoms with van der Waals surface area (Å²) < 4.78 is 0. The number of rotatable bonds is 4. The molecule has 140 valence electrons. The van der Waals surface area contributed by atoms with Gasteiger partial charge in [0.2, 0.25) is 5.91 Å². The molecule has 8 heteroatoms. The zero-order valence-corrected chi connectivity index (χ0v) is 14.9. The molecule has 0 aromatic heterocycles. The molecule has 0 atom stereocenters. The second-order valence-corrected chi connectivity index (χ2v) is 6.31. The summed E-state index contributed by atoms with van der Waals surface area (Å²) in [5, 5.41) is 13.4. The molecule has 0 saturated carbocycles. The summed E-state index contributed by atoms with van der Waals surface area (Å²) in [6, 6.07) is 13.3. The fourth-order valence-electron chi connectivity index (χ4n) is 3.03. The lowest BCUT2D eigenvalue weighted by Gasteiger charge is -2.36. The summed E-state index contributed by atoms with van der Waals surface area (Å²) in [4.78, 5) is 37.9. The maximum Gasteiger partial charge on any atom is 0.269 e. The monoisotopic (exact) mass is 368 g/mol. The Labute approximate surface area is 156 Å². The smallest absolute Gasteiger partial charge is 0.269 e. The van der Waals surface area contributed by atoms with Crippen LogP contribution in [0.4, 0.5) is 17.1 Å². The quantitative estimate of drug-likeness (QED) is 0.661. The zero-order valence-electron chi connectivity index (χ0n) is 14.9. The maximum atomic E-state index is 12.6. The molecule has 0 radical (unpaired) electrons. The third-order valence-electron chi connectivity index (χ3n) is 4.44. The van der Waals surface area contributed by atoms with Crippen LogP contribution in [0.3, 0.4) is 0 Å². The van der Waals surface area contributed by atoms with Crippen LogP contribution in [-0.2, 0) is 4.79 Å². The van der Waals surface area contributed by atoms with Crippen molar-refractivity contribution in [3.63, 3.8) is 0 Å². The van der Waals surface area contributed by atoms with Gasteiger partial charge < -0.3 is 15.1 Å². The van der Waals surface area contributed by atoms with Crippen LogP contribution >= 0.6 is 0 Å². The second kappa shape index (κ2) is 7.86. The Hall–Kier alpha value is -3.42. The predicted octanol–water partition coefficient (Wildman–Crippen LogP) is 2.52. The van der Waals surface area contributed by atoms with Crippen LogP contribution in [-0.4, -0.2) is 47.8 Å². The van der Waals surface area contributed by atoms with Crippen LogP contribution in [0.15, 0.2) is 48.5 Å². The van der Waals surface area contributed by atoms with Gasteiger partial charge in [0.15, 0.2) is 0 Å². The highest BCUT2D eigenvalue weighted by molar-refractivity contribution is 5.95. The van der Waals surface area contributed by atoms with Crippen LogP contribution in [0.1, 0.15) is 17.3 Å². The summed E-state index contributed by atoms with van der Waals surface area (Å²) in [5.74, 6) is -0.204. The lowest BCUT2D eigenvalue weighted by Crippen LogP contribution is -2.48. The normalized spacial score (nSPS) is 14.0. The largest absolute Gasteiger partial charge is 0.368 e. The molecule has 1 aliphatic rings. The van der Waals surface area contributed by atoms with Crippen molar-refractivity contribution in [3.8, 4) is 0 Å². The molecule has 1 heterocycles. The number of non-ortho nitro benzene ring substituents is 1. The first-order valence-corrected chi connectivity index (χ1v) is 8.60. The van der Waals surface area contributed by atoms with E-state index in [-0.39, 0.29) is 17.5 Å². The number of amides is 2. The standard InChI is InChI=1S/C19H20N4O4/c1-14(24)20-16-4-2-15(3-5-16)19(25)22-12-10-21(11-13-22)17-6-8-18(9-7-17)23(26)27/h2-9H,10-13H2,1H3,(H,20,24). The molecule has 2 aromatic carbocycles. The van der Waals surface area contributed by atoms with E-state index in [1.54, 1.807) is 41.3 Å². The SMILES string of the molecule is CC(=O)Nc1ccc(C(=O)N2CCN(c3ccc([N+](=O)[O-])cc3)CC2)cc1. The predicted molar refractivity (Wildman–Crippen MR) is 102 cm³/mol. The Morgan fingerprint density at radius 1 is 0.963 bits per heavy atom. The van der Waals surface area contributed by atoms with Gasteiger partial charge in [0.1, 0.15) is 0 Å². The fourth-order valence-corrected chi connectivity index (χ4v) is 3.03. The highest BCUT2D eigenvalue weighted by atomic mass is 16.6. The van der Waals surface area contributed by atoms with Gasteiger partial charge in [-0.3, -0.25) is 19.7 Å². The molecular formula is C19H20N4O4. The number of piperazine rings is 1. The van der Waals surface area contributed by atoms with Crippen molar-refractivity contribution in [2.24, 2.45) is 0 Å². The molecular weight excluding hydrogens is 348 g/mol. The van der Waals surface area contributed by atoms with E-state index in [2.05, 4.69) is 10.2 Å². The molecule has 2 amide bonds. The number of hydrogen-bond donors (Lipinski definition) is 1. The molecule has 1 N–H and O–H groups in total. The molecule has 0 aliphatic carbocycles. The van der Waals surface area contributed by atoms with Gasteiger partial charge in [-0.2, -0.15) is 0 Å². The molecule has 0 spiro atoms. The van der Waals surface area contributed by atoms with Gasteiger partial charge in [-0.1, -0.05) is 0 Å². The van der Waals surface area contributed by atoms with Crippen LogP contribution < -0.4 is 10.2 Å². The third kappa shape index (κ3) is 4.41. The molecule has 2 aromatic rings. The van der Waals surface area contributed by atoms with Gasteiger partial charge in [0.05, 0.1) is 4.92 Å². The van der Waals surface area contributed by atoms with Gasteiger partial charge in [0, 0.05) is 62.2 Å². The van der Waals surface area contributed by atoms with Crippen molar-refractivity contribution < 1.29 is 14.5 Å². The molecule has 3 rings (SSSR count). The summed E-state index contributed by atoms with van der Waals surface area (Å²) in [6.45, 7) is 3.90. The lowest BCUT2D eigenvalue weighted by atomic mass is 10.1. The van der Waals surface area contributed by atoms with Gasteiger partial charge in [0.25, 0.3) is 11.6 Å². The number of nitrogens with zero attached hydrogens (tertiary/aromatic N) is 3. The van der Waals surface area contributed by atoms with E-state index in [4.69, 9.17) is 0 Å². The Kier molecular flexibility index (Phi) is 5.35. The van der Waals surface area contributed by atoms with Crippen molar-refractivity contribution >= 4 is 28.9 Å². The van der Waals surface area contributed by atoms with Crippen LogP contribution in [0.2, 0.25) is 0 Å². The number of carbonyl (C=O) groups is 2. The topological polar surface area (TPSA) is 95.8 Å². The van der Waals surface area contributed by atoms with E-state index in [1.807, 2.05) is 0 Å². The molecule has 8 nitrogen and oxygen atoms in total. The first-order valence-electron chi connectivity index (χ1n) is 8.60. The third-order valence-corrected chi connectivity index (χ3v) is 4.44. The minimum absolute atomic E-state index is 0.0484. The van der Waals surface area contributed by atoms with E-state index in [0.717, 1.165) is 5.69 Å². The molecule has 0 bridgehead atoms. The molecule has 1 fully saturated rings. The van der Waals surface area contributed by atoms with Crippen molar-refractivity contribution in [2.75, 3.05) is 36.4 Å². The molecule has 27 heavy (non-hydrogen) atoms. The van der Waals surface area contributed by atoms with Crippen molar-refractivity contribution in [1.82, 2.24) is 4.90 Å². The highest BCUT2D eigenvalue weighted by Crippen LogP contribution is 2.21. The Morgan fingerprint density at radius 3 is 2.07 bits per heavy atom. The molecule has 1 saturated heterocycles. The number of nitro benzene ring substituents is 1. The van der Waals surface area contributed by atoms with E-state index >= 15 is 0 Å². The average Bonchev–Trinajstić information content (AvgIpc) is 2.68. The molecule has 1 aliphatic heterocycles. The van der Waals surface area contributed by atoms with E-state index < -0.39 is 4.92 Å². The number of carbonyl (C=O) groups excluding carboxylic acids is 2. The van der Waals surface area contributed by atoms with Crippen LogP contribution in [0.25, 0.3) is 0 Å². The highest BCUT2D eigenvalue weighted by Gasteiger charge is 2.22. The van der Waals surface area contributed by atoms with Crippen LogP contribution in [0, 0.1) is 10.1 Å². The fraction of sp³-hybridized carbons (Fsp3) is 0.263. The van der Waals surface area contributed by atoms with E-state index in [9.17, 15) is 19.7 Å². The average molecular weight is 368 g/mol. The number of hydrogen-bond acceptors (Lipinski definition) is 5. The Balaban J connectivity index is 1.59. The first-order chi connectivity index (χ1) is 12.9. The van der Waals surface area contributed by atoms with Gasteiger partial charge >= 0.3 is 0 Å². The lowest BCUT2D eigenvalue weighted by molar-refractivity contribution is -0.384. The van der Waals surface area contributed by atoms with Gasteiger partial charge in [-0.05, 0) is 36.4 Å². The van der Waals surface area contributed by atoms with Crippen molar-refractivity contribution in [3.05, 3.63) is 64.2 Å². The van der Waals surface area contributed by atoms with E-state index in [1.165, 1.54) is 19.1 Å². The van der Waals surface area contributed by atoms with Crippen molar-refractivity contribution in [2.45, 2.75) is 6.92 Å². The number of nitro groups is 1. The van der Waals surface area contributed by atoms with Gasteiger partial charge in [-0.15, -0.1) is 0 Å².